The molecule has 0 radical (unpaired) electrons. The van der Waals surface area contributed by atoms with Gasteiger partial charge in [0.2, 0.25) is 0 Å². The van der Waals surface area contributed by atoms with Crippen LogP contribution >= 0.6 is 11.6 Å². The van der Waals surface area contributed by atoms with Crippen LogP contribution in [0.25, 0.3) is 5.57 Å². The predicted octanol–water partition coefficient (Wildman–Crippen LogP) is 5.56. The van der Waals surface area contributed by atoms with Crippen LogP contribution in [0, 0.1) is 25.5 Å². The summed E-state index contributed by atoms with van der Waals surface area (Å²) in [7, 11) is 1.54. The lowest BCUT2D eigenvalue weighted by Gasteiger charge is -2.44. The maximum Gasteiger partial charge on any atom is 0.513 e. The third-order valence-corrected chi connectivity index (χ3v) is 6.88. The number of ether oxygens (including phenoxy) is 2. The van der Waals surface area contributed by atoms with Crippen LogP contribution in [0.3, 0.4) is 0 Å². The fourth-order valence-electron chi connectivity index (χ4n) is 5.12. The van der Waals surface area contributed by atoms with Gasteiger partial charge in [0.25, 0.3) is 5.91 Å². The largest absolute Gasteiger partial charge is 0.513 e. The van der Waals surface area contributed by atoms with Crippen LogP contribution in [0.15, 0.2) is 36.1 Å². The fourth-order valence-corrected chi connectivity index (χ4v) is 5.44. The number of anilines is 1. The molecule has 2 aliphatic heterocycles. The van der Waals surface area contributed by atoms with Gasteiger partial charge in [0.1, 0.15) is 5.54 Å². The second-order valence-corrected chi connectivity index (χ2v) is 9.22. The van der Waals surface area contributed by atoms with E-state index >= 15 is 0 Å². The number of piperidine rings is 1. The number of aryl methyl sites for hydroxylation is 2. The van der Waals surface area contributed by atoms with Gasteiger partial charge in [-0.25, -0.2) is 13.6 Å². The zero-order valence-corrected chi connectivity index (χ0v) is 21.2. The molecule has 2 aromatic rings. The quantitative estimate of drug-likeness (QED) is 0.481. The standard InChI is InChI=1S/C26H27ClF2N2O5/c1-5-35-25(33)36-23-22(21-15(2)12-17(27)13-16(21)3)24(32)31(18-6-7-19(28)20(29)14-18)26(23)8-10-30(34-4)11-9-26/h6-7,12-14H,5,8-11H2,1-4H3. The van der Waals surface area contributed by atoms with Crippen LogP contribution in [-0.2, 0) is 19.1 Å². The molecule has 0 saturated carbocycles. The molecular formula is C26H27ClF2N2O5. The lowest BCUT2D eigenvalue weighted by molar-refractivity contribution is -0.150. The number of hydrogen-bond donors (Lipinski definition) is 0. The Labute approximate surface area is 213 Å². The molecule has 2 aromatic carbocycles. The first-order chi connectivity index (χ1) is 17.1. The molecule has 36 heavy (non-hydrogen) atoms. The molecule has 1 fully saturated rings. The molecule has 1 amide bonds. The average molecular weight is 521 g/mol. The van der Waals surface area contributed by atoms with Gasteiger partial charge in [0.15, 0.2) is 17.4 Å². The molecule has 1 saturated heterocycles. The van der Waals surface area contributed by atoms with Crippen molar-refractivity contribution in [3.8, 4) is 0 Å². The van der Waals surface area contributed by atoms with Crippen LogP contribution in [0.5, 0.6) is 0 Å². The van der Waals surface area contributed by atoms with Gasteiger partial charge in [-0.15, -0.1) is 0 Å². The van der Waals surface area contributed by atoms with Gasteiger partial charge in [-0.3, -0.25) is 9.69 Å². The lowest BCUT2D eigenvalue weighted by Crippen LogP contribution is -2.55. The molecule has 192 valence electrons. The first kappa shape index (κ1) is 26.1. The Bertz CT molecular complexity index is 1220. The highest BCUT2D eigenvalue weighted by atomic mass is 35.5. The first-order valence-electron chi connectivity index (χ1n) is 11.6. The molecule has 0 unspecified atom stereocenters. The number of hydrogen-bond acceptors (Lipinski definition) is 6. The third-order valence-electron chi connectivity index (χ3n) is 6.66. The van der Waals surface area contributed by atoms with E-state index in [1.165, 1.54) is 11.0 Å². The number of rotatable bonds is 5. The summed E-state index contributed by atoms with van der Waals surface area (Å²) in [6.45, 7) is 6.11. The summed E-state index contributed by atoms with van der Waals surface area (Å²) in [5.74, 6) is -2.51. The SMILES string of the molecule is CCOC(=O)OC1=C(c2c(C)cc(Cl)cc2C)C(=O)N(c2ccc(F)c(F)c2)C12CCN(OC)CC2. The van der Waals surface area contributed by atoms with Gasteiger partial charge < -0.3 is 14.3 Å². The molecule has 10 heteroatoms. The van der Waals surface area contributed by atoms with E-state index in [1.54, 1.807) is 45.1 Å². The summed E-state index contributed by atoms with van der Waals surface area (Å²) in [5, 5.41) is 2.21. The normalized spacial score (nSPS) is 17.8. The summed E-state index contributed by atoms with van der Waals surface area (Å²) >= 11 is 6.24. The maximum absolute atomic E-state index is 14.4. The van der Waals surface area contributed by atoms with E-state index in [1.807, 2.05) is 0 Å². The van der Waals surface area contributed by atoms with Crippen molar-refractivity contribution in [3.63, 3.8) is 0 Å². The van der Waals surface area contributed by atoms with Crippen molar-refractivity contribution in [2.75, 3.05) is 31.7 Å². The van der Waals surface area contributed by atoms with Crippen LogP contribution in [0.2, 0.25) is 5.02 Å². The second kappa shape index (κ2) is 10.2. The number of nitrogens with zero attached hydrogens (tertiary/aromatic N) is 2. The zero-order chi connectivity index (χ0) is 26.2. The van der Waals surface area contributed by atoms with Crippen molar-refractivity contribution in [2.24, 2.45) is 0 Å². The van der Waals surface area contributed by atoms with E-state index in [2.05, 4.69) is 0 Å². The van der Waals surface area contributed by atoms with Gasteiger partial charge in [0.05, 0.1) is 19.3 Å². The smallest absolute Gasteiger partial charge is 0.434 e. The van der Waals surface area contributed by atoms with Crippen LogP contribution in [0.1, 0.15) is 36.5 Å². The minimum absolute atomic E-state index is 0.0751. The molecule has 4 rings (SSSR count). The molecule has 2 heterocycles. The van der Waals surface area contributed by atoms with E-state index in [0.717, 1.165) is 12.1 Å². The van der Waals surface area contributed by atoms with E-state index in [0.29, 0.717) is 47.6 Å². The second-order valence-electron chi connectivity index (χ2n) is 8.79. The Hall–Kier alpha value is -3.01. The molecule has 1 spiro atoms. The highest BCUT2D eigenvalue weighted by Crippen LogP contribution is 2.50. The van der Waals surface area contributed by atoms with E-state index in [4.69, 9.17) is 25.9 Å². The molecule has 0 atom stereocenters. The predicted molar refractivity (Wildman–Crippen MR) is 130 cm³/mol. The molecule has 0 aromatic heterocycles. The minimum atomic E-state index is -1.17. The number of hydroxylamine groups is 2. The zero-order valence-electron chi connectivity index (χ0n) is 20.5. The Morgan fingerprint density at radius 3 is 2.28 bits per heavy atom. The van der Waals surface area contributed by atoms with Crippen molar-refractivity contribution in [1.29, 1.82) is 0 Å². The summed E-state index contributed by atoms with van der Waals surface area (Å²) in [6.07, 6.45) is -0.354. The van der Waals surface area contributed by atoms with E-state index < -0.39 is 29.2 Å². The summed E-state index contributed by atoms with van der Waals surface area (Å²) in [6, 6.07) is 6.72. The van der Waals surface area contributed by atoms with Crippen molar-refractivity contribution in [3.05, 3.63) is 69.4 Å². The topological polar surface area (TPSA) is 68.3 Å². The Morgan fingerprint density at radius 1 is 1.08 bits per heavy atom. The molecule has 0 bridgehead atoms. The number of benzene rings is 2. The van der Waals surface area contributed by atoms with Crippen molar-refractivity contribution in [2.45, 2.75) is 39.2 Å². The van der Waals surface area contributed by atoms with Crippen molar-refractivity contribution in [1.82, 2.24) is 5.06 Å². The maximum atomic E-state index is 14.4. The first-order valence-corrected chi connectivity index (χ1v) is 12.0. The third kappa shape index (κ3) is 4.47. The van der Waals surface area contributed by atoms with Gasteiger partial charge in [0, 0.05) is 29.9 Å². The van der Waals surface area contributed by atoms with Gasteiger partial charge >= 0.3 is 6.16 Å². The number of carbonyl (C=O) groups excluding carboxylic acids is 2. The van der Waals surface area contributed by atoms with Gasteiger partial charge in [-0.2, -0.15) is 5.06 Å². The van der Waals surface area contributed by atoms with E-state index in [-0.39, 0.29) is 23.6 Å². The summed E-state index contributed by atoms with van der Waals surface area (Å²) in [4.78, 5) is 33.6. The number of amides is 1. The minimum Gasteiger partial charge on any atom is -0.434 e. The lowest BCUT2D eigenvalue weighted by atomic mass is 9.84. The molecular weight excluding hydrogens is 494 g/mol. The monoisotopic (exact) mass is 520 g/mol. The van der Waals surface area contributed by atoms with Gasteiger partial charge in [-0.1, -0.05) is 11.6 Å². The Morgan fingerprint density at radius 2 is 1.72 bits per heavy atom. The van der Waals surface area contributed by atoms with Crippen molar-refractivity contribution < 1.29 is 32.7 Å². The number of halogens is 3. The highest BCUT2D eigenvalue weighted by Gasteiger charge is 2.56. The molecule has 0 aliphatic carbocycles. The van der Waals surface area contributed by atoms with Crippen LogP contribution < -0.4 is 4.90 Å². The van der Waals surface area contributed by atoms with Crippen LogP contribution in [0.4, 0.5) is 19.3 Å². The molecule has 0 N–H and O–H groups in total. The van der Waals surface area contributed by atoms with Gasteiger partial charge in [-0.05, 0) is 74.6 Å². The Kier molecular flexibility index (Phi) is 7.36. The summed E-state index contributed by atoms with van der Waals surface area (Å²) < 4.78 is 39.0. The van der Waals surface area contributed by atoms with E-state index in [9.17, 15) is 18.4 Å². The Balaban J connectivity index is 1.99. The highest BCUT2D eigenvalue weighted by molar-refractivity contribution is 6.33. The summed E-state index contributed by atoms with van der Waals surface area (Å²) in [5.41, 5.74) is 1.09. The number of carbonyl (C=O) groups is 2. The molecule has 7 nitrogen and oxygen atoms in total. The average Bonchev–Trinajstić information content (AvgIpc) is 3.03. The van der Waals surface area contributed by atoms with Crippen LogP contribution in [-0.4, -0.2) is 49.5 Å². The molecule has 2 aliphatic rings. The fraction of sp³-hybridized carbons (Fsp3) is 0.385. The van der Waals surface area contributed by atoms with Crippen molar-refractivity contribution >= 4 is 34.9 Å².